The van der Waals surface area contributed by atoms with Crippen LogP contribution in [0.2, 0.25) is 0 Å². The first-order valence-electron chi connectivity index (χ1n) is 10.6. The maximum absolute atomic E-state index is 7.50. The van der Waals surface area contributed by atoms with Gasteiger partial charge in [0.2, 0.25) is 0 Å². The molecule has 4 aromatic carbocycles. The van der Waals surface area contributed by atoms with Crippen molar-refractivity contribution < 1.29 is 28.5 Å². The van der Waals surface area contributed by atoms with Crippen LogP contribution in [-0.4, -0.2) is 7.11 Å². The van der Waals surface area contributed by atoms with Crippen LogP contribution in [0.3, 0.4) is 0 Å². The van der Waals surface area contributed by atoms with Gasteiger partial charge in [-0.05, 0) is 55.0 Å². The van der Waals surface area contributed by atoms with Gasteiger partial charge in [-0.2, -0.15) is 0 Å². The van der Waals surface area contributed by atoms with E-state index in [1.54, 1.807) is 7.11 Å². The normalized spacial score (nSPS) is 8.46. The first-order valence-corrected chi connectivity index (χ1v) is 24.7. The van der Waals surface area contributed by atoms with Crippen molar-refractivity contribution in [3.8, 4) is 17.6 Å². The molecule has 0 aliphatic carbocycles. The topological polar surface area (TPSA) is 49.0 Å². The predicted octanol–water partition coefficient (Wildman–Crippen LogP) is 7.13. The molecule has 0 radical (unpaired) electrons. The Bertz CT molecular complexity index is 1090. The van der Waals surface area contributed by atoms with Crippen molar-refractivity contribution in [3.05, 3.63) is 134 Å². The van der Waals surface area contributed by atoms with E-state index in [0.717, 1.165) is 11.3 Å². The first-order chi connectivity index (χ1) is 18.2. The molecule has 4 rings (SSSR count). The van der Waals surface area contributed by atoms with Gasteiger partial charge in [0.1, 0.15) is 5.75 Å². The zero-order valence-electron chi connectivity index (χ0n) is 20.3. The second-order valence-electron chi connectivity index (χ2n) is 6.50. The molecule has 0 aromatic heterocycles. The molecule has 0 saturated carbocycles. The van der Waals surface area contributed by atoms with E-state index < -0.39 is 7.92 Å². The second kappa shape index (κ2) is 24.2. The number of rotatable bonds is 4. The van der Waals surface area contributed by atoms with Crippen molar-refractivity contribution in [1.29, 1.82) is 0 Å². The van der Waals surface area contributed by atoms with Crippen molar-refractivity contribution in [3.63, 3.8) is 0 Å². The second-order valence-corrected chi connectivity index (χ2v) is 21.6. The molecular formula is C30H25Br2O3PW. The SMILES string of the molecule is CC#Cc1ccc(OC)cc1.[Br][W][Br].[C-]#[O+].[C-]#[O+].c1ccc(P(c2ccccc2)c2ccccc2)cc1. The molecule has 0 saturated heterocycles. The van der Waals surface area contributed by atoms with Gasteiger partial charge < -0.3 is 4.74 Å². The summed E-state index contributed by atoms with van der Waals surface area (Å²) >= 11 is 6.33. The molecule has 0 amide bonds. The minimum atomic E-state index is -0.446. The molecule has 0 N–H and O–H groups in total. The fraction of sp³-hybridized carbons (Fsp3) is 0.0667. The van der Waals surface area contributed by atoms with Crippen molar-refractivity contribution >= 4 is 50.4 Å². The summed E-state index contributed by atoms with van der Waals surface area (Å²) < 4.78 is 20.0. The number of ether oxygens (including phenoxy) is 1. The van der Waals surface area contributed by atoms with Crippen molar-refractivity contribution in [1.82, 2.24) is 0 Å². The fourth-order valence-electron chi connectivity index (χ4n) is 3.00. The van der Waals surface area contributed by atoms with Crippen LogP contribution in [-0.2, 0) is 23.8 Å². The molecule has 0 unspecified atom stereocenters. The third-order valence-electron chi connectivity index (χ3n) is 4.40. The minimum absolute atomic E-state index is 0.125. The van der Waals surface area contributed by atoms with E-state index in [1.165, 1.54) is 15.9 Å². The van der Waals surface area contributed by atoms with Crippen LogP contribution in [0.25, 0.3) is 0 Å². The van der Waals surface area contributed by atoms with Gasteiger partial charge in [-0.3, -0.25) is 0 Å². The van der Waals surface area contributed by atoms with Gasteiger partial charge in [-0.25, -0.2) is 0 Å². The molecule has 3 nitrogen and oxygen atoms in total. The van der Waals surface area contributed by atoms with E-state index in [2.05, 4.69) is 143 Å². The van der Waals surface area contributed by atoms with Gasteiger partial charge >= 0.3 is 63.6 Å². The maximum Gasteiger partial charge on any atom is -0.0134 e. The molecule has 0 atom stereocenters. The van der Waals surface area contributed by atoms with E-state index in [4.69, 9.17) is 14.0 Å². The zero-order chi connectivity index (χ0) is 27.7. The summed E-state index contributed by atoms with van der Waals surface area (Å²) in [6.07, 6.45) is 0. The standard InChI is InChI=1S/C18H15P.C10H10O.2CO.2BrH.W/c1-4-10-16(11-5-1)19(17-12-6-2-7-13-17)18-14-8-3-9-15-18;1-3-4-9-5-7-10(11-2)8-6-9;2*1-2;;;/h1-15H;5-8H,1-2H3;;;2*1H;/q;;;;;;+2/p-2. The first kappa shape index (κ1) is 34.8. The molecule has 0 spiro atoms. The third-order valence-corrected chi connectivity index (χ3v) is 6.85. The fourth-order valence-corrected chi connectivity index (χ4v) is 5.30. The molecule has 188 valence electrons. The van der Waals surface area contributed by atoms with Gasteiger partial charge in [0.25, 0.3) is 0 Å². The molecule has 37 heavy (non-hydrogen) atoms. The quantitative estimate of drug-likeness (QED) is 0.0939. The summed E-state index contributed by atoms with van der Waals surface area (Å²) in [6, 6.07) is 40.0. The van der Waals surface area contributed by atoms with E-state index in [9.17, 15) is 0 Å². The van der Waals surface area contributed by atoms with Crippen molar-refractivity contribution in [2.75, 3.05) is 7.11 Å². The Balaban J connectivity index is 0.000000614. The Hall–Kier alpha value is -2.20. The average Bonchev–Trinajstić information content (AvgIpc) is 2.98. The summed E-state index contributed by atoms with van der Waals surface area (Å²) in [7, 11) is 1.21. The maximum atomic E-state index is 7.50. The molecule has 0 fully saturated rings. The van der Waals surface area contributed by atoms with E-state index in [1.807, 2.05) is 31.2 Å². The summed E-state index contributed by atoms with van der Waals surface area (Å²) in [6.45, 7) is 10.8. The van der Waals surface area contributed by atoms with E-state index in [0.29, 0.717) is 0 Å². The molecule has 0 heterocycles. The van der Waals surface area contributed by atoms with Gasteiger partial charge in [0.15, 0.2) is 0 Å². The molecule has 4 aromatic rings. The zero-order valence-corrected chi connectivity index (χ0v) is 27.3. The van der Waals surface area contributed by atoms with Crippen molar-refractivity contribution in [2.45, 2.75) is 6.92 Å². The van der Waals surface area contributed by atoms with E-state index >= 15 is 0 Å². The smallest absolute Gasteiger partial charge is 0.0134 e. The van der Waals surface area contributed by atoms with Gasteiger partial charge in [-0.1, -0.05) is 96.9 Å². The Morgan fingerprint density at radius 3 is 1.24 bits per heavy atom. The van der Waals surface area contributed by atoms with Crippen LogP contribution in [0.15, 0.2) is 115 Å². The van der Waals surface area contributed by atoms with Crippen LogP contribution in [0.4, 0.5) is 0 Å². The van der Waals surface area contributed by atoms with E-state index in [-0.39, 0.29) is 14.5 Å². The number of halogens is 2. The van der Waals surface area contributed by atoms with Crippen LogP contribution in [0.1, 0.15) is 12.5 Å². The third kappa shape index (κ3) is 14.4. The summed E-state index contributed by atoms with van der Waals surface area (Å²) in [5.41, 5.74) is 1.02. The molecule has 0 aliphatic rings. The summed E-state index contributed by atoms with van der Waals surface area (Å²) in [4.78, 5) is 0. The summed E-state index contributed by atoms with van der Waals surface area (Å²) in [5.74, 6) is 6.65. The predicted molar refractivity (Wildman–Crippen MR) is 156 cm³/mol. The molecule has 7 heteroatoms. The van der Waals surface area contributed by atoms with Crippen LogP contribution < -0.4 is 20.7 Å². The number of methoxy groups -OCH3 is 1. The molecule has 0 bridgehead atoms. The Kier molecular flexibility index (Phi) is 22.7. The summed E-state index contributed by atoms with van der Waals surface area (Å²) in [5, 5.41) is 4.19. The van der Waals surface area contributed by atoms with Crippen LogP contribution in [0, 0.1) is 25.1 Å². The Labute approximate surface area is 243 Å². The number of hydrogen-bond acceptors (Lipinski definition) is 1. The monoisotopic (exact) mass is 806 g/mol. The van der Waals surface area contributed by atoms with Crippen LogP contribution >= 0.6 is 34.5 Å². The van der Waals surface area contributed by atoms with Gasteiger partial charge in [0, 0.05) is 5.56 Å². The van der Waals surface area contributed by atoms with Gasteiger partial charge in [0.05, 0.1) is 7.11 Å². The molecular weight excluding hydrogens is 783 g/mol. The Morgan fingerprint density at radius 1 is 0.649 bits per heavy atom. The minimum Gasteiger partial charge on any atom is -0.0622 e. The van der Waals surface area contributed by atoms with Gasteiger partial charge in [-0.15, -0.1) is 5.92 Å². The Morgan fingerprint density at radius 2 is 0.973 bits per heavy atom. The van der Waals surface area contributed by atoms with Crippen molar-refractivity contribution in [2.24, 2.45) is 0 Å². The largest absolute Gasteiger partial charge is 0.0622 e. The number of hydrogen-bond donors (Lipinski definition) is 0. The number of benzene rings is 4. The average molecular weight is 808 g/mol. The molecule has 0 aliphatic heterocycles. The van der Waals surface area contributed by atoms with Crippen LogP contribution in [0.5, 0.6) is 5.75 Å².